The molecule has 62 valence electrons. The average molecular weight is 174 g/mol. The van der Waals surface area contributed by atoms with E-state index in [0.717, 1.165) is 19.4 Å². The Morgan fingerprint density at radius 3 is 2.82 bits per heavy atom. The maximum absolute atomic E-state index is 9.18. The highest BCUT2D eigenvalue weighted by Gasteiger charge is 1.95. The number of hydrogen-bond acceptors (Lipinski definition) is 1. The van der Waals surface area contributed by atoms with Crippen molar-refractivity contribution in [1.29, 1.82) is 0 Å². The smallest absolute Gasteiger partial charge is 0.190 e. The number of hydrogen-bond donors (Lipinski definition) is 1. The van der Waals surface area contributed by atoms with Crippen LogP contribution in [0.25, 0.3) is 0 Å². The Bertz CT molecular complexity index is 210. The molecule has 0 unspecified atom stereocenters. The standard InChI is InChI=1S/C8H12ClNO/c9-5-1-2-6-10-7-3-4-8(10)11/h3-4,7,11H,1-2,5-6H2. The van der Waals surface area contributed by atoms with Crippen LogP contribution in [0.1, 0.15) is 12.8 Å². The fourth-order valence-corrected chi connectivity index (χ4v) is 1.16. The summed E-state index contributed by atoms with van der Waals surface area (Å²) in [5.74, 6) is 1.03. The largest absolute Gasteiger partial charge is 0.494 e. The molecule has 1 heterocycles. The minimum Gasteiger partial charge on any atom is -0.494 e. The number of aryl methyl sites for hydroxylation is 1. The van der Waals surface area contributed by atoms with Crippen LogP contribution in [0.4, 0.5) is 0 Å². The van der Waals surface area contributed by atoms with Crippen molar-refractivity contribution in [2.45, 2.75) is 19.4 Å². The van der Waals surface area contributed by atoms with E-state index in [1.54, 1.807) is 6.07 Å². The molecule has 0 aliphatic rings. The third-order valence-corrected chi connectivity index (χ3v) is 1.86. The van der Waals surface area contributed by atoms with E-state index < -0.39 is 0 Å². The summed E-state index contributed by atoms with van der Waals surface area (Å²) in [6.07, 6.45) is 3.88. The number of aromatic nitrogens is 1. The van der Waals surface area contributed by atoms with Gasteiger partial charge in [0.1, 0.15) is 0 Å². The number of nitrogens with zero attached hydrogens (tertiary/aromatic N) is 1. The zero-order chi connectivity index (χ0) is 8.10. The van der Waals surface area contributed by atoms with Crippen molar-refractivity contribution in [2.75, 3.05) is 5.88 Å². The van der Waals surface area contributed by atoms with Gasteiger partial charge in [-0.2, -0.15) is 0 Å². The van der Waals surface area contributed by atoms with E-state index in [4.69, 9.17) is 11.6 Å². The van der Waals surface area contributed by atoms with E-state index in [2.05, 4.69) is 0 Å². The fourth-order valence-electron chi connectivity index (χ4n) is 0.971. The first-order valence-corrected chi connectivity index (χ1v) is 4.28. The van der Waals surface area contributed by atoms with Gasteiger partial charge in [0.05, 0.1) is 0 Å². The van der Waals surface area contributed by atoms with E-state index in [0.29, 0.717) is 11.8 Å². The summed E-state index contributed by atoms with van der Waals surface area (Å²) in [4.78, 5) is 0. The lowest BCUT2D eigenvalue weighted by molar-refractivity contribution is 0.413. The monoisotopic (exact) mass is 173 g/mol. The van der Waals surface area contributed by atoms with Crippen molar-refractivity contribution >= 4 is 11.6 Å². The molecule has 1 aromatic heterocycles. The third kappa shape index (κ3) is 2.46. The maximum Gasteiger partial charge on any atom is 0.190 e. The minimum absolute atomic E-state index is 0.333. The van der Waals surface area contributed by atoms with Crippen molar-refractivity contribution in [3.05, 3.63) is 18.3 Å². The number of halogens is 1. The Morgan fingerprint density at radius 1 is 1.45 bits per heavy atom. The first-order chi connectivity index (χ1) is 5.34. The lowest BCUT2D eigenvalue weighted by Gasteiger charge is -2.02. The van der Waals surface area contributed by atoms with Crippen molar-refractivity contribution in [3.8, 4) is 5.88 Å². The predicted octanol–water partition coefficient (Wildman–Crippen LogP) is 2.21. The zero-order valence-electron chi connectivity index (χ0n) is 6.33. The van der Waals surface area contributed by atoms with Crippen LogP contribution < -0.4 is 0 Å². The molecule has 2 nitrogen and oxygen atoms in total. The molecule has 0 atom stereocenters. The zero-order valence-corrected chi connectivity index (χ0v) is 7.09. The van der Waals surface area contributed by atoms with Gasteiger partial charge in [0.25, 0.3) is 0 Å². The van der Waals surface area contributed by atoms with Gasteiger partial charge in [-0.25, -0.2) is 0 Å². The highest BCUT2D eigenvalue weighted by Crippen LogP contribution is 2.10. The van der Waals surface area contributed by atoms with Crippen LogP contribution >= 0.6 is 11.6 Å². The lowest BCUT2D eigenvalue weighted by atomic mass is 10.3. The average Bonchev–Trinajstić information content (AvgIpc) is 2.37. The van der Waals surface area contributed by atoms with Crippen molar-refractivity contribution in [2.24, 2.45) is 0 Å². The Labute approximate surface area is 71.4 Å². The highest BCUT2D eigenvalue weighted by atomic mass is 35.5. The van der Waals surface area contributed by atoms with E-state index >= 15 is 0 Å². The van der Waals surface area contributed by atoms with Crippen LogP contribution in [-0.4, -0.2) is 15.6 Å². The molecule has 0 amide bonds. The quantitative estimate of drug-likeness (QED) is 0.548. The highest BCUT2D eigenvalue weighted by molar-refractivity contribution is 6.17. The molecule has 0 aliphatic heterocycles. The van der Waals surface area contributed by atoms with Gasteiger partial charge in [-0.3, -0.25) is 0 Å². The summed E-state index contributed by atoms with van der Waals surface area (Å²) in [5.41, 5.74) is 0. The second-order valence-electron chi connectivity index (χ2n) is 2.46. The Kier molecular flexibility index (Phi) is 3.30. The summed E-state index contributed by atoms with van der Waals surface area (Å²) in [5, 5.41) is 9.18. The topological polar surface area (TPSA) is 25.2 Å². The molecule has 0 spiro atoms. The van der Waals surface area contributed by atoms with Gasteiger partial charge in [0.2, 0.25) is 0 Å². The Morgan fingerprint density at radius 2 is 2.27 bits per heavy atom. The Balaban J connectivity index is 2.32. The second-order valence-corrected chi connectivity index (χ2v) is 2.83. The molecule has 0 bridgehead atoms. The molecule has 11 heavy (non-hydrogen) atoms. The van der Waals surface area contributed by atoms with Gasteiger partial charge in [0.15, 0.2) is 5.88 Å². The van der Waals surface area contributed by atoms with Crippen LogP contribution in [0.5, 0.6) is 5.88 Å². The molecule has 1 rings (SSSR count). The third-order valence-electron chi connectivity index (χ3n) is 1.59. The molecular formula is C8H12ClNO. The van der Waals surface area contributed by atoms with E-state index in [1.807, 2.05) is 16.8 Å². The van der Waals surface area contributed by atoms with Crippen molar-refractivity contribution < 1.29 is 5.11 Å². The first-order valence-electron chi connectivity index (χ1n) is 3.74. The number of unbranched alkanes of at least 4 members (excludes halogenated alkanes) is 1. The maximum atomic E-state index is 9.18. The molecule has 1 N–H and O–H groups in total. The first kappa shape index (κ1) is 8.47. The molecule has 1 aromatic rings. The minimum atomic E-state index is 0.333. The van der Waals surface area contributed by atoms with Gasteiger partial charge in [0, 0.05) is 18.6 Å². The summed E-state index contributed by atoms with van der Waals surface area (Å²) < 4.78 is 1.81. The molecule has 0 aliphatic carbocycles. The van der Waals surface area contributed by atoms with Gasteiger partial charge < -0.3 is 9.67 Å². The molecule has 0 saturated carbocycles. The van der Waals surface area contributed by atoms with Gasteiger partial charge in [-0.05, 0) is 25.0 Å². The SMILES string of the molecule is Oc1cccn1CCCCCl. The van der Waals surface area contributed by atoms with Gasteiger partial charge in [-0.15, -0.1) is 11.6 Å². The molecule has 0 radical (unpaired) electrons. The van der Waals surface area contributed by atoms with Crippen LogP contribution in [0.15, 0.2) is 18.3 Å². The number of alkyl halides is 1. The summed E-state index contributed by atoms with van der Waals surface area (Å²) >= 11 is 5.51. The lowest BCUT2D eigenvalue weighted by Crippen LogP contribution is -1.95. The number of aromatic hydroxyl groups is 1. The number of rotatable bonds is 4. The van der Waals surface area contributed by atoms with Crippen molar-refractivity contribution in [3.63, 3.8) is 0 Å². The van der Waals surface area contributed by atoms with Gasteiger partial charge in [-0.1, -0.05) is 0 Å². The second kappa shape index (κ2) is 4.29. The van der Waals surface area contributed by atoms with E-state index in [9.17, 15) is 5.11 Å². The molecular weight excluding hydrogens is 162 g/mol. The van der Waals surface area contributed by atoms with Gasteiger partial charge >= 0.3 is 0 Å². The van der Waals surface area contributed by atoms with E-state index in [-0.39, 0.29) is 0 Å². The van der Waals surface area contributed by atoms with Crippen LogP contribution in [0.2, 0.25) is 0 Å². The summed E-state index contributed by atoms with van der Waals surface area (Å²) in [6.45, 7) is 0.853. The van der Waals surface area contributed by atoms with Crippen LogP contribution in [-0.2, 0) is 6.54 Å². The Hall–Kier alpha value is -0.630. The summed E-state index contributed by atoms with van der Waals surface area (Å²) in [7, 11) is 0. The van der Waals surface area contributed by atoms with E-state index in [1.165, 1.54) is 0 Å². The molecule has 0 aromatic carbocycles. The predicted molar refractivity (Wildman–Crippen MR) is 46.1 cm³/mol. The fraction of sp³-hybridized carbons (Fsp3) is 0.500. The van der Waals surface area contributed by atoms with Crippen LogP contribution in [0, 0.1) is 0 Å². The molecule has 0 fully saturated rings. The normalized spacial score (nSPS) is 10.3. The van der Waals surface area contributed by atoms with Crippen molar-refractivity contribution in [1.82, 2.24) is 4.57 Å². The molecule has 0 saturated heterocycles. The summed E-state index contributed by atoms with van der Waals surface area (Å²) in [6, 6.07) is 3.51. The van der Waals surface area contributed by atoms with Crippen LogP contribution in [0.3, 0.4) is 0 Å². The molecule has 3 heteroatoms.